The van der Waals surface area contributed by atoms with Crippen molar-refractivity contribution in [3.63, 3.8) is 0 Å². The Morgan fingerprint density at radius 2 is 1.40 bits per heavy atom. The molecule has 10 heteroatoms. The minimum atomic E-state index is -0.362. The molecule has 0 bridgehead atoms. The summed E-state index contributed by atoms with van der Waals surface area (Å²) in [6.45, 7) is 12.9. The SMILES string of the molecule is CCCCCCCCC(O)CN(CCCCC(=O)OCCN1CCN(CCSSc2ccccn2)CC1)CC(O)CCCCCCCC. The summed E-state index contributed by atoms with van der Waals surface area (Å²) >= 11 is 0. The van der Waals surface area contributed by atoms with Gasteiger partial charge in [-0.15, -0.1) is 0 Å². The molecule has 48 heavy (non-hydrogen) atoms. The number of aromatic nitrogens is 1. The van der Waals surface area contributed by atoms with E-state index < -0.39 is 0 Å². The van der Waals surface area contributed by atoms with Crippen LogP contribution in [0.5, 0.6) is 0 Å². The van der Waals surface area contributed by atoms with Crippen LogP contribution in [0, 0.1) is 0 Å². The number of piperazine rings is 1. The average Bonchev–Trinajstić information content (AvgIpc) is 3.09. The van der Waals surface area contributed by atoms with Gasteiger partial charge in [-0.05, 0) is 55.2 Å². The molecule has 1 saturated heterocycles. The van der Waals surface area contributed by atoms with Gasteiger partial charge in [-0.25, -0.2) is 4.98 Å². The van der Waals surface area contributed by atoms with Crippen LogP contribution in [0.3, 0.4) is 0 Å². The van der Waals surface area contributed by atoms with E-state index in [2.05, 4.69) is 33.5 Å². The van der Waals surface area contributed by atoms with Crippen LogP contribution in [0.25, 0.3) is 0 Å². The molecule has 8 nitrogen and oxygen atoms in total. The number of hydrogen-bond acceptors (Lipinski definition) is 10. The highest BCUT2D eigenvalue weighted by atomic mass is 33.1. The smallest absolute Gasteiger partial charge is 0.305 e. The van der Waals surface area contributed by atoms with Gasteiger partial charge in [0.1, 0.15) is 11.6 Å². The fourth-order valence-corrected chi connectivity index (χ4v) is 8.13. The highest BCUT2D eigenvalue weighted by molar-refractivity contribution is 8.76. The maximum absolute atomic E-state index is 12.5. The van der Waals surface area contributed by atoms with Gasteiger partial charge in [0.05, 0.1) is 12.2 Å². The molecule has 2 rings (SSSR count). The summed E-state index contributed by atoms with van der Waals surface area (Å²) in [5.41, 5.74) is 0. The largest absolute Gasteiger partial charge is 0.464 e. The van der Waals surface area contributed by atoms with Crippen molar-refractivity contribution in [3.8, 4) is 0 Å². The first-order valence-corrected chi connectivity index (χ1v) is 21.7. The lowest BCUT2D eigenvalue weighted by atomic mass is 10.1. The first-order chi connectivity index (χ1) is 23.5. The van der Waals surface area contributed by atoms with E-state index in [0.29, 0.717) is 26.1 Å². The van der Waals surface area contributed by atoms with Gasteiger partial charge >= 0.3 is 5.97 Å². The molecular weight excluding hydrogens is 641 g/mol. The van der Waals surface area contributed by atoms with Gasteiger partial charge in [-0.3, -0.25) is 19.5 Å². The minimum Gasteiger partial charge on any atom is -0.464 e. The van der Waals surface area contributed by atoms with Gasteiger partial charge in [-0.1, -0.05) is 108 Å². The molecule has 1 aromatic rings. The number of carbonyl (C=O) groups is 1. The third-order valence-corrected chi connectivity index (χ3v) is 11.5. The van der Waals surface area contributed by atoms with Crippen LogP contribution < -0.4 is 0 Å². The van der Waals surface area contributed by atoms with E-state index >= 15 is 0 Å². The number of rotatable bonds is 31. The number of hydrogen-bond donors (Lipinski definition) is 2. The molecule has 2 heterocycles. The Morgan fingerprint density at radius 3 is 1.98 bits per heavy atom. The van der Waals surface area contributed by atoms with E-state index in [1.165, 1.54) is 64.2 Å². The van der Waals surface area contributed by atoms with Crippen LogP contribution in [-0.2, 0) is 9.53 Å². The minimum absolute atomic E-state index is 0.117. The van der Waals surface area contributed by atoms with Crippen LogP contribution in [0.1, 0.15) is 123 Å². The van der Waals surface area contributed by atoms with E-state index in [1.807, 2.05) is 35.2 Å². The van der Waals surface area contributed by atoms with Crippen molar-refractivity contribution in [1.29, 1.82) is 0 Å². The maximum atomic E-state index is 12.5. The molecule has 0 radical (unpaired) electrons. The van der Waals surface area contributed by atoms with Crippen molar-refractivity contribution in [2.24, 2.45) is 0 Å². The Morgan fingerprint density at radius 1 is 0.812 bits per heavy atom. The quantitative estimate of drug-likeness (QED) is 0.0455. The maximum Gasteiger partial charge on any atom is 0.305 e. The number of unbranched alkanes of at least 4 members (excludes halogenated alkanes) is 11. The molecule has 0 aliphatic carbocycles. The van der Waals surface area contributed by atoms with Gasteiger partial charge in [0.25, 0.3) is 0 Å². The molecule has 1 aromatic heterocycles. The zero-order valence-electron chi connectivity index (χ0n) is 30.6. The van der Waals surface area contributed by atoms with Crippen LogP contribution in [0.4, 0.5) is 0 Å². The molecule has 1 fully saturated rings. The van der Waals surface area contributed by atoms with Crippen molar-refractivity contribution in [2.45, 2.75) is 140 Å². The monoisotopic (exact) mass is 710 g/mol. The third kappa shape index (κ3) is 23.5. The van der Waals surface area contributed by atoms with E-state index in [-0.39, 0.29) is 18.2 Å². The van der Waals surface area contributed by atoms with Crippen LogP contribution in [-0.4, -0.2) is 119 Å². The summed E-state index contributed by atoms with van der Waals surface area (Å²) in [4.78, 5) is 24.0. The van der Waals surface area contributed by atoms with E-state index in [9.17, 15) is 15.0 Å². The summed E-state index contributed by atoms with van der Waals surface area (Å²) < 4.78 is 5.59. The van der Waals surface area contributed by atoms with Gasteiger partial charge in [0.15, 0.2) is 0 Å². The van der Waals surface area contributed by atoms with E-state index in [0.717, 1.165) is 95.1 Å². The summed E-state index contributed by atoms with van der Waals surface area (Å²) in [5.74, 6) is 0.963. The normalized spacial score (nSPS) is 15.6. The summed E-state index contributed by atoms with van der Waals surface area (Å²) in [7, 11) is 3.60. The van der Waals surface area contributed by atoms with Crippen molar-refractivity contribution in [3.05, 3.63) is 24.4 Å². The Labute approximate surface area is 301 Å². The fourth-order valence-electron chi connectivity index (χ4n) is 6.22. The summed E-state index contributed by atoms with van der Waals surface area (Å²) in [6, 6.07) is 6.02. The predicted molar refractivity (Wildman–Crippen MR) is 205 cm³/mol. The first kappa shape index (κ1) is 43.3. The zero-order valence-corrected chi connectivity index (χ0v) is 32.2. The molecule has 1 aliphatic rings. The van der Waals surface area contributed by atoms with Crippen LogP contribution >= 0.6 is 21.6 Å². The number of aliphatic hydroxyl groups excluding tert-OH is 2. The Kier molecular flexibility index (Phi) is 26.9. The molecule has 0 spiro atoms. The summed E-state index contributed by atoms with van der Waals surface area (Å²) in [5, 5.41) is 22.6. The second-order valence-corrected chi connectivity index (χ2v) is 16.1. The summed E-state index contributed by atoms with van der Waals surface area (Å²) in [6.07, 6.45) is 19.5. The lowest BCUT2D eigenvalue weighted by Crippen LogP contribution is -2.47. The second kappa shape index (κ2) is 29.8. The molecule has 1 aliphatic heterocycles. The number of ether oxygens (including phenoxy) is 1. The lowest BCUT2D eigenvalue weighted by molar-refractivity contribution is -0.144. The average molecular weight is 711 g/mol. The molecular formula is C38H70N4O4S2. The van der Waals surface area contributed by atoms with Gasteiger partial charge in [0, 0.05) is 70.7 Å². The van der Waals surface area contributed by atoms with Crippen LogP contribution in [0.2, 0.25) is 0 Å². The molecule has 0 amide bonds. The molecule has 0 saturated carbocycles. The molecule has 2 N–H and O–H groups in total. The highest BCUT2D eigenvalue weighted by Crippen LogP contribution is 2.28. The topological polar surface area (TPSA) is 89.4 Å². The number of carbonyl (C=O) groups excluding carboxylic acids is 1. The number of nitrogens with zero attached hydrogens (tertiary/aromatic N) is 4. The van der Waals surface area contributed by atoms with Crippen molar-refractivity contribution < 1.29 is 19.7 Å². The number of pyridine rings is 1. The Bertz CT molecular complexity index is 856. The number of aliphatic hydroxyl groups is 2. The van der Waals surface area contributed by atoms with Crippen molar-refractivity contribution >= 4 is 27.6 Å². The molecule has 2 unspecified atom stereocenters. The molecule has 278 valence electrons. The van der Waals surface area contributed by atoms with Gasteiger partial charge in [-0.2, -0.15) is 0 Å². The Balaban J connectivity index is 1.57. The zero-order chi connectivity index (χ0) is 34.5. The Hall–Kier alpha value is -0.880. The van der Waals surface area contributed by atoms with Crippen molar-refractivity contribution in [1.82, 2.24) is 19.7 Å². The first-order valence-electron chi connectivity index (χ1n) is 19.4. The van der Waals surface area contributed by atoms with Gasteiger partial charge < -0.3 is 14.9 Å². The lowest BCUT2D eigenvalue weighted by Gasteiger charge is -2.34. The third-order valence-electron chi connectivity index (χ3n) is 9.23. The van der Waals surface area contributed by atoms with E-state index in [1.54, 1.807) is 10.8 Å². The molecule has 2 atom stereocenters. The van der Waals surface area contributed by atoms with Crippen molar-refractivity contribution in [2.75, 3.05) is 71.3 Å². The van der Waals surface area contributed by atoms with Crippen LogP contribution in [0.15, 0.2) is 29.4 Å². The number of esters is 1. The standard InChI is InChI=1S/C38H70N4O4S2/c1-3-5-7-9-11-13-19-35(43)33-42(34-36(44)20-14-12-10-8-6-4-2)24-18-16-22-38(45)46-31-29-40-25-27-41(28-26-40)30-32-47-48-37-21-15-17-23-39-37/h15,17,21,23,35-36,43-44H,3-14,16,18-20,22,24-34H2,1-2H3. The second-order valence-electron chi connectivity index (χ2n) is 13.6. The fraction of sp³-hybridized carbons (Fsp3) is 0.842. The van der Waals surface area contributed by atoms with E-state index in [4.69, 9.17) is 4.74 Å². The highest BCUT2D eigenvalue weighted by Gasteiger charge is 2.18. The predicted octanol–water partition coefficient (Wildman–Crippen LogP) is 7.68. The van der Waals surface area contributed by atoms with Gasteiger partial charge in [0.2, 0.25) is 0 Å². The molecule has 0 aromatic carbocycles.